The lowest BCUT2D eigenvalue weighted by molar-refractivity contribution is -0.125. The Hall–Kier alpha value is -0.660. The summed E-state index contributed by atoms with van der Waals surface area (Å²) in [5, 5.41) is 9.11. The van der Waals surface area contributed by atoms with Crippen LogP contribution in [0.3, 0.4) is 0 Å². The molecule has 0 fully saturated rings. The van der Waals surface area contributed by atoms with Crippen molar-refractivity contribution in [2.45, 2.75) is 89.5 Å². The van der Waals surface area contributed by atoms with Gasteiger partial charge in [0.25, 0.3) is 5.06 Å². The highest BCUT2D eigenvalue weighted by atomic mass is 32.2. The van der Waals surface area contributed by atoms with Crippen LogP contribution in [0.1, 0.15) is 84.5 Å². The molecule has 6 nitrogen and oxygen atoms in total. The third-order valence-corrected chi connectivity index (χ3v) is 4.99. The summed E-state index contributed by atoms with van der Waals surface area (Å²) in [6, 6.07) is 0. The molecule has 0 rings (SSSR count). The number of amides is 1. The van der Waals surface area contributed by atoms with E-state index in [9.17, 15) is 18.3 Å². The molecule has 0 bridgehead atoms. The van der Waals surface area contributed by atoms with Crippen LogP contribution >= 0.6 is 0 Å². The van der Waals surface area contributed by atoms with Gasteiger partial charge in [0, 0.05) is 12.8 Å². The van der Waals surface area contributed by atoms with Gasteiger partial charge in [0.2, 0.25) is 5.91 Å². The SMILES string of the molecule is CCCCCCCCCCCC(=O)NC(O)(CC)S(=O)(=O)O. The van der Waals surface area contributed by atoms with Gasteiger partial charge in [0.15, 0.2) is 0 Å². The van der Waals surface area contributed by atoms with Gasteiger partial charge in [0.05, 0.1) is 0 Å². The second-order valence-electron chi connectivity index (χ2n) is 5.74. The lowest BCUT2D eigenvalue weighted by atomic mass is 10.1. The maximum absolute atomic E-state index is 11.6. The first-order chi connectivity index (χ1) is 10.3. The van der Waals surface area contributed by atoms with E-state index in [1.165, 1.54) is 39.0 Å². The number of carbonyl (C=O) groups is 1. The Balaban J connectivity index is 3.78. The molecule has 0 spiro atoms. The predicted octanol–water partition coefficient (Wildman–Crippen LogP) is 2.97. The molecule has 132 valence electrons. The second kappa shape index (κ2) is 11.0. The first kappa shape index (κ1) is 21.3. The van der Waals surface area contributed by atoms with Crippen LogP contribution in [0.25, 0.3) is 0 Å². The van der Waals surface area contributed by atoms with Crippen LogP contribution in [-0.2, 0) is 14.9 Å². The van der Waals surface area contributed by atoms with Crippen molar-refractivity contribution in [1.82, 2.24) is 5.32 Å². The number of carbonyl (C=O) groups excluding carboxylic acids is 1. The second-order valence-corrected chi connectivity index (χ2v) is 7.37. The van der Waals surface area contributed by atoms with Crippen LogP contribution in [0, 0.1) is 0 Å². The summed E-state index contributed by atoms with van der Waals surface area (Å²) < 4.78 is 31.0. The normalized spacial score (nSPS) is 14.5. The van der Waals surface area contributed by atoms with Crippen molar-refractivity contribution in [2.24, 2.45) is 0 Å². The van der Waals surface area contributed by atoms with Gasteiger partial charge in [0.1, 0.15) is 0 Å². The first-order valence-electron chi connectivity index (χ1n) is 8.27. The van der Waals surface area contributed by atoms with E-state index in [4.69, 9.17) is 4.55 Å². The molecule has 0 radical (unpaired) electrons. The predicted molar refractivity (Wildman–Crippen MR) is 86.8 cm³/mol. The number of hydrogen-bond donors (Lipinski definition) is 3. The Bertz CT molecular complexity index is 410. The first-order valence-corrected chi connectivity index (χ1v) is 9.71. The lowest BCUT2D eigenvalue weighted by Crippen LogP contribution is -2.53. The Morgan fingerprint density at radius 3 is 1.82 bits per heavy atom. The molecule has 1 amide bonds. The van der Waals surface area contributed by atoms with E-state index >= 15 is 0 Å². The van der Waals surface area contributed by atoms with Crippen LogP contribution in [0.15, 0.2) is 0 Å². The standard InChI is InChI=1S/C15H31NO5S/c1-3-5-6-7-8-9-10-11-12-13-14(17)16-15(18,4-2)22(19,20)21/h18H,3-13H2,1-2H3,(H,16,17)(H,19,20,21). The van der Waals surface area contributed by atoms with E-state index in [-0.39, 0.29) is 12.8 Å². The van der Waals surface area contributed by atoms with Gasteiger partial charge in [-0.25, -0.2) is 0 Å². The fraction of sp³-hybridized carbons (Fsp3) is 0.933. The average molecular weight is 337 g/mol. The molecule has 0 aliphatic carbocycles. The summed E-state index contributed by atoms with van der Waals surface area (Å²) in [5.41, 5.74) is 0. The molecule has 0 aromatic rings. The van der Waals surface area contributed by atoms with E-state index < -0.39 is 21.1 Å². The van der Waals surface area contributed by atoms with Gasteiger partial charge in [-0.2, -0.15) is 8.42 Å². The number of unbranched alkanes of at least 4 members (excludes halogenated alkanes) is 8. The molecule has 7 heteroatoms. The largest absolute Gasteiger partial charge is 0.357 e. The van der Waals surface area contributed by atoms with E-state index in [1.807, 2.05) is 5.32 Å². The van der Waals surface area contributed by atoms with Crippen LogP contribution < -0.4 is 5.32 Å². The molecule has 0 saturated heterocycles. The van der Waals surface area contributed by atoms with Crippen molar-refractivity contribution >= 4 is 16.0 Å². The van der Waals surface area contributed by atoms with Crippen molar-refractivity contribution in [3.8, 4) is 0 Å². The van der Waals surface area contributed by atoms with Crippen molar-refractivity contribution < 1.29 is 22.9 Å². The van der Waals surface area contributed by atoms with E-state index in [2.05, 4.69) is 6.92 Å². The highest BCUT2D eigenvalue weighted by molar-refractivity contribution is 7.87. The Kier molecular flexibility index (Phi) is 10.6. The Morgan fingerprint density at radius 1 is 0.955 bits per heavy atom. The topological polar surface area (TPSA) is 104 Å². The van der Waals surface area contributed by atoms with Gasteiger partial charge in [-0.05, 0) is 6.42 Å². The number of nitrogens with one attached hydrogen (secondary N) is 1. The molecule has 0 aromatic heterocycles. The molecular formula is C15H31NO5S. The van der Waals surface area contributed by atoms with Crippen LogP contribution in [0.4, 0.5) is 0 Å². The molecule has 0 heterocycles. The average Bonchev–Trinajstić information content (AvgIpc) is 2.44. The number of aliphatic hydroxyl groups is 1. The van der Waals surface area contributed by atoms with Crippen molar-refractivity contribution in [3.05, 3.63) is 0 Å². The molecule has 1 atom stereocenters. The highest BCUT2D eigenvalue weighted by Crippen LogP contribution is 2.15. The maximum atomic E-state index is 11.6. The minimum absolute atomic E-state index is 0.146. The van der Waals surface area contributed by atoms with Crippen LogP contribution in [0.2, 0.25) is 0 Å². The van der Waals surface area contributed by atoms with Crippen molar-refractivity contribution in [3.63, 3.8) is 0 Å². The summed E-state index contributed by atoms with van der Waals surface area (Å²) in [5.74, 6) is -0.565. The summed E-state index contributed by atoms with van der Waals surface area (Å²) in [4.78, 5) is 11.6. The molecule has 3 N–H and O–H groups in total. The zero-order chi connectivity index (χ0) is 17.1. The molecule has 0 saturated carbocycles. The van der Waals surface area contributed by atoms with E-state index in [0.29, 0.717) is 6.42 Å². The smallest absolute Gasteiger partial charge is 0.315 e. The molecular weight excluding hydrogens is 306 g/mol. The van der Waals surface area contributed by atoms with Crippen LogP contribution in [-0.4, -0.2) is 29.0 Å². The van der Waals surface area contributed by atoms with Gasteiger partial charge < -0.3 is 10.4 Å². The zero-order valence-corrected chi connectivity index (χ0v) is 14.6. The van der Waals surface area contributed by atoms with Gasteiger partial charge in [-0.1, -0.05) is 65.2 Å². The summed E-state index contributed by atoms with van der Waals surface area (Å²) in [6.07, 6.45) is 9.86. The van der Waals surface area contributed by atoms with E-state index in [0.717, 1.165) is 19.3 Å². The Morgan fingerprint density at radius 2 is 1.41 bits per heavy atom. The highest BCUT2D eigenvalue weighted by Gasteiger charge is 2.40. The van der Waals surface area contributed by atoms with Gasteiger partial charge in [-0.3, -0.25) is 9.35 Å². The maximum Gasteiger partial charge on any atom is 0.315 e. The summed E-state index contributed by atoms with van der Waals surface area (Å²) in [7, 11) is -4.74. The minimum atomic E-state index is -4.74. The molecule has 22 heavy (non-hydrogen) atoms. The zero-order valence-electron chi connectivity index (χ0n) is 13.8. The monoisotopic (exact) mass is 337 g/mol. The molecule has 0 aliphatic rings. The minimum Gasteiger partial charge on any atom is -0.357 e. The molecule has 0 aromatic carbocycles. The quantitative estimate of drug-likeness (QED) is 0.272. The third-order valence-electron chi connectivity index (χ3n) is 3.75. The molecule has 0 aliphatic heterocycles. The molecule has 1 unspecified atom stereocenters. The summed E-state index contributed by atoms with van der Waals surface area (Å²) in [6.45, 7) is 3.55. The summed E-state index contributed by atoms with van der Waals surface area (Å²) >= 11 is 0. The third kappa shape index (κ3) is 8.70. The van der Waals surface area contributed by atoms with Crippen molar-refractivity contribution in [1.29, 1.82) is 0 Å². The fourth-order valence-corrected chi connectivity index (χ4v) is 2.82. The number of rotatable bonds is 13. The fourth-order valence-electron chi connectivity index (χ4n) is 2.21. The van der Waals surface area contributed by atoms with E-state index in [1.54, 1.807) is 0 Å². The van der Waals surface area contributed by atoms with Crippen molar-refractivity contribution in [2.75, 3.05) is 0 Å². The lowest BCUT2D eigenvalue weighted by Gasteiger charge is -2.24. The number of hydrogen-bond acceptors (Lipinski definition) is 4. The Labute approximate surface area is 134 Å². The van der Waals surface area contributed by atoms with Gasteiger partial charge in [-0.15, -0.1) is 0 Å². The van der Waals surface area contributed by atoms with Gasteiger partial charge >= 0.3 is 10.1 Å². The van der Waals surface area contributed by atoms with Crippen LogP contribution in [0.5, 0.6) is 0 Å².